The van der Waals surface area contributed by atoms with E-state index in [4.69, 9.17) is 4.42 Å². The van der Waals surface area contributed by atoms with E-state index in [0.717, 1.165) is 53.6 Å². The van der Waals surface area contributed by atoms with Crippen LogP contribution in [0.15, 0.2) is 59.2 Å². The highest BCUT2D eigenvalue weighted by Gasteiger charge is 2.32. The molecule has 0 spiro atoms. The number of amides is 2. The number of aryl methyl sites for hydroxylation is 2. The minimum absolute atomic E-state index is 0.0985. The van der Waals surface area contributed by atoms with E-state index in [9.17, 15) is 9.59 Å². The van der Waals surface area contributed by atoms with Crippen LogP contribution in [0.4, 0.5) is 5.69 Å². The first-order valence-corrected chi connectivity index (χ1v) is 12.2. The van der Waals surface area contributed by atoms with Crippen LogP contribution in [-0.4, -0.2) is 28.1 Å². The summed E-state index contributed by atoms with van der Waals surface area (Å²) >= 11 is 0. The molecule has 0 radical (unpaired) electrons. The van der Waals surface area contributed by atoms with Crippen molar-refractivity contribution in [2.45, 2.75) is 52.0 Å². The molecule has 4 aromatic rings. The quantitative estimate of drug-likeness (QED) is 0.334. The number of nitrogens with one attached hydrogen (secondary N) is 3. The predicted octanol–water partition coefficient (Wildman–Crippen LogP) is 5.76. The normalized spacial score (nSPS) is 15.1. The summed E-state index contributed by atoms with van der Waals surface area (Å²) in [5.41, 5.74) is 5.85. The van der Waals surface area contributed by atoms with E-state index in [2.05, 4.69) is 20.8 Å². The minimum atomic E-state index is -0.616. The summed E-state index contributed by atoms with van der Waals surface area (Å²) in [7, 11) is 0. The predicted molar refractivity (Wildman–Crippen MR) is 136 cm³/mol. The molecule has 35 heavy (non-hydrogen) atoms. The molecule has 3 N–H and O–H groups in total. The Morgan fingerprint density at radius 1 is 1.03 bits per heavy atom. The molecule has 0 unspecified atom stereocenters. The molecule has 5 rings (SSSR count). The lowest BCUT2D eigenvalue weighted by atomic mass is 9.83. The number of benzene rings is 2. The van der Waals surface area contributed by atoms with Gasteiger partial charge in [0.05, 0.1) is 11.3 Å². The molecular weight excluding hydrogens is 440 g/mol. The minimum Gasteiger partial charge on any atom is -0.463 e. The Balaban J connectivity index is 1.35. The van der Waals surface area contributed by atoms with Gasteiger partial charge in [-0.25, -0.2) is 0 Å². The summed E-state index contributed by atoms with van der Waals surface area (Å²) < 4.78 is 5.54. The van der Waals surface area contributed by atoms with Crippen LogP contribution in [0.3, 0.4) is 0 Å². The van der Waals surface area contributed by atoms with Crippen molar-refractivity contribution in [2.75, 3.05) is 5.32 Å². The van der Waals surface area contributed by atoms with Crippen molar-refractivity contribution in [3.63, 3.8) is 0 Å². The first kappa shape index (κ1) is 22.9. The molecule has 0 saturated heterocycles. The molecule has 0 aliphatic heterocycles. The van der Waals surface area contributed by atoms with Gasteiger partial charge in [0.2, 0.25) is 5.91 Å². The second-order valence-corrected chi connectivity index (χ2v) is 9.37. The Hall–Kier alpha value is -3.87. The number of rotatable bonds is 6. The molecule has 2 aromatic heterocycles. The SMILES string of the molecule is Cc1n[nH]c(C)c1-c1ccc(NC(=O)[C@@H](NC(=O)c2coc3ccccc23)C2CCCCC2)cc1. The molecule has 180 valence electrons. The Morgan fingerprint density at radius 3 is 2.49 bits per heavy atom. The molecule has 7 nitrogen and oxygen atoms in total. The van der Waals surface area contributed by atoms with Gasteiger partial charge >= 0.3 is 0 Å². The molecule has 1 aliphatic rings. The Labute approximate surface area is 204 Å². The standard InChI is InChI=1S/C28H30N4O3/c1-17-25(18(2)32-31-17)19-12-14-21(15-13-19)29-28(34)26(20-8-4-3-5-9-20)30-27(33)23-16-35-24-11-7-6-10-22(23)24/h6-7,10-16,20,26H,3-5,8-9H2,1-2H3,(H,29,34)(H,30,33)(H,31,32)/t26-/m0/s1. The molecule has 1 saturated carbocycles. The largest absolute Gasteiger partial charge is 0.463 e. The van der Waals surface area contributed by atoms with E-state index in [1.54, 1.807) is 0 Å². The van der Waals surface area contributed by atoms with Crippen molar-refractivity contribution in [3.05, 3.63) is 71.7 Å². The number of fused-ring (bicyclic) bond motifs is 1. The lowest BCUT2D eigenvalue weighted by molar-refractivity contribution is -0.119. The summed E-state index contributed by atoms with van der Waals surface area (Å²) in [6.07, 6.45) is 6.60. The van der Waals surface area contributed by atoms with Crippen molar-refractivity contribution in [3.8, 4) is 11.1 Å². The maximum Gasteiger partial charge on any atom is 0.255 e. The molecule has 0 bridgehead atoms. The maximum absolute atomic E-state index is 13.4. The topological polar surface area (TPSA) is 100 Å². The smallest absolute Gasteiger partial charge is 0.255 e. The molecule has 2 amide bonds. The number of H-pyrrole nitrogens is 1. The van der Waals surface area contributed by atoms with Crippen LogP contribution in [0, 0.1) is 19.8 Å². The number of carbonyl (C=O) groups is 2. The number of furan rings is 1. The van der Waals surface area contributed by atoms with Crippen LogP contribution in [0.25, 0.3) is 22.1 Å². The van der Waals surface area contributed by atoms with Crippen molar-refractivity contribution in [1.82, 2.24) is 15.5 Å². The zero-order chi connectivity index (χ0) is 24.4. The highest BCUT2D eigenvalue weighted by atomic mass is 16.3. The van der Waals surface area contributed by atoms with E-state index in [-0.39, 0.29) is 17.7 Å². The van der Waals surface area contributed by atoms with Crippen LogP contribution >= 0.6 is 0 Å². The second kappa shape index (κ2) is 9.78. The summed E-state index contributed by atoms with van der Waals surface area (Å²) in [6.45, 7) is 3.96. The highest BCUT2D eigenvalue weighted by molar-refractivity contribution is 6.08. The highest BCUT2D eigenvalue weighted by Crippen LogP contribution is 2.29. The lowest BCUT2D eigenvalue weighted by Gasteiger charge is -2.30. The number of aromatic amines is 1. The van der Waals surface area contributed by atoms with Crippen LogP contribution < -0.4 is 10.6 Å². The first-order valence-electron chi connectivity index (χ1n) is 12.2. The van der Waals surface area contributed by atoms with Gasteiger partial charge in [-0.1, -0.05) is 49.6 Å². The van der Waals surface area contributed by atoms with E-state index >= 15 is 0 Å². The zero-order valence-corrected chi connectivity index (χ0v) is 20.1. The number of carbonyl (C=O) groups excluding carboxylic acids is 2. The van der Waals surface area contributed by atoms with Gasteiger partial charge in [-0.3, -0.25) is 14.7 Å². The second-order valence-electron chi connectivity index (χ2n) is 9.37. The van der Waals surface area contributed by atoms with Crippen molar-refractivity contribution in [2.24, 2.45) is 5.92 Å². The molecule has 2 aromatic carbocycles. The monoisotopic (exact) mass is 470 g/mol. The molecule has 1 fully saturated rings. The summed E-state index contributed by atoms with van der Waals surface area (Å²) in [6, 6.07) is 14.5. The molecule has 1 atom stereocenters. The van der Waals surface area contributed by atoms with E-state index < -0.39 is 6.04 Å². The third-order valence-electron chi connectivity index (χ3n) is 6.99. The van der Waals surface area contributed by atoms with Crippen molar-refractivity contribution < 1.29 is 14.0 Å². The van der Waals surface area contributed by atoms with Crippen LogP contribution in [0.2, 0.25) is 0 Å². The molecule has 7 heteroatoms. The van der Waals surface area contributed by atoms with Gasteiger partial charge in [0, 0.05) is 22.3 Å². The van der Waals surface area contributed by atoms with Crippen molar-refractivity contribution >= 4 is 28.5 Å². The van der Waals surface area contributed by atoms with Gasteiger partial charge in [0.15, 0.2) is 0 Å². The van der Waals surface area contributed by atoms with Crippen molar-refractivity contribution in [1.29, 1.82) is 0 Å². The fourth-order valence-corrected chi connectivity index (χ4v) is 5.15. The number of hydrogen-bond acceptors (Lipinski definition) is 4. The van der Waals surface area contributed by atoms with Gasteiger partial charge in [-0.15, -0.1) is 0 Å². The van der Waals surface area contributed by atoms with Gasteiger partial charge < -0.3 is 15.1 Å². The first-order chi connectivity index (χ1) is 17.0. The van der Waals surface area contributed by atoms with E-state index in [1.807, 2.05) is 62.4 Å². The fraction of sp³-hybridized carbons (Fsp3) is 0.321. The van der Waals surface area contributed by atoms with Crippen LogP contribution in [0.1, 0.15) is 53.8 Å². The Morgan fingerprint density at radius 2 is 1.77 bits per heavy atom. The van der Waals surface area contributed by atoms with Crippen LogP contribution in [0.5, 0.6) is 0 Å². The lowest BCUT2D eigenvalue weighted by Crippen LogP contribution is -2.49. The summed E-state index contributed by atoms with van der Waals surface area (Å²) in [4.78, 5) is 26.6. The van der Waals surface area contributed by atoms with Gasteiger partial charge in [0.1, 0.15) is 17.9 Å². The number of aromatic nitrogens is 2. The number of anilines is 1. The Bertz CT molecular complexity index is 1330. The van der Waals surface area contributed by atoms with E-state index in [0.29, 0.717) is 16.8 Å². The molecule has 2 heterocycles. The van der Waals surface area contributed by atoms with Gasteiger partial charge in [-0.2, -0.15) is 5.10 Å². The van der Waals surface area contributed by atoms with Gasteiger partial charge in [-0.05, 0) is 56.4 Å². The number of para-hydroxylation sites is 1. The average Bonchev–Trinajstić information content (AvgIpc) is 3.46. The average molecular weight is 471 g/mol. The summed E-state index contributed by atoms with van der Waals surface area (Å²) in [5.74, 6) is -0.384. The maximum atomic E-state index is 13.4. The zero-order valence-electron chi connectivity index (χ0n) is 20.1. The van der Waals surface area contributed by atoms with Gasteiger partial charge in [0.25, 0.3) is 5.91 Å². The third-order valence-corrected chi connectivity index (χ3v) is 6.99. The number of nitrogens with zero attached hydrogens (tertiary/aromatic N) is 1. The van der Waals surface area contributed by atoms with E-state index in [1.165, 1.54) is 12.7 Å². The molecular formula is C28H30N4O3. The van der Waals surface area contributed by atoms with Crippen LogP contribution in [-0.2, 0) is 4.79 Å². The molecule has 1 aliphatic carbocycles. The third kappa shape index (κ3) is 4.71. The Kier molecular flexibility index (Phi) is 6.40. The summed E-state index contributed by atoms with van der Waals surface area (Å²) in [5, 5.41) is 14.1. The fourth-order valence-electron chi connectivity index (χ4n) is 5.15. The number of hydrogen-bond donors (Lipinski definition) is 3.